The SMILES string of the molecule is CC/C=C/[C@H]([C@H](O)C(C)C)[S@](=O)(=NC)c1ccccc1. The third kappa shape index (κ3) is 3.70. The number of aliphatic hydroxyl groups is 1. The minimum Gasteiger partial charge on any atom is -0.391 e. The van der Waals surface area contributed by atoms with Crippen LogP contribution in [0.1, 0.15) is 27.2 Å². The van der Waals surface area contributed by atoms with E-state index < -0.39 is 21.1 Å². The van der Waals surface area contributed by atoms with Gasteiger partial charge in [-0.05, 0) is 24.5 Å². The highest BCUT2D eigenvalue weighted by Crippen LogP contribution is 2.25. The molecule has 0 unspecified atom stereocenters. The Balaban J connectivity index is 3.36. The number of hydrogen-bond acceptors (Lipinski definition) is 3. The maximum absolute atomic E-state index is 13.3. The molecule has 1 N–H and O–H groups in total. The zero-order valence-electron chi connectivity index (χ0n) is 12.7. The molecule has 0 aliphatic carbocycles. The molecule has 0 bridgehead atoms. The van der Waals surface area contributed by atoms with E-state index in [1.807, 2.05) is 63.3 Å². The second-order valence-corrected chi connectivity index (χ2v) is 7.62. The molecule has 20 heavy (non-hydrogen) atoms. The van der Waals surface area contributed by atoms with Gasteiger partial charge in [0.25, 0.3) is 0 Å². The van der Waals surface area contributed by atoms with Gasteiger partial charge >= 0.3 is 0 Å². The molecule has 0 spiro atoms. The van der Waals surface area contributed by atoms with Gasteiger partial charge in [0.05, 0.1) is 21.1 Å². The van der Waals surface area contributed by atoms with E-state index >= 15 is 0 Å². The van der Waals surface area contributed by atoms with Crippen LogP contribution in [-0.2, 0) is 9.73 Å². The van der Waals surface area contributed by atoms with E-state index in [4.69, 9.17) is 0 Å². The van der Waals surface area contributed by atoms with Crippen LogP contribution in [0.2, 0.25) is 0 Å². The van der Waals surface area contributed by atoms with Crippen molar-refractivity contribution in [3.05, 3.63) is 42.5 Å². The quantitative estimate of drug-likeness (QED) is 0.817. The number of aliphatic hydroxyl groups excluding tert-OH is 1. The van der Waals surface area contributed by atoms with E-state index in [2.05, 4.69) is 4.36 Å². The standard InChI is InChI=1S/C16H25NO2S/c1-5-6-12-15(16(18)13(2)3)20(19,17-4)14-10-8-7-9-11-14/h6-13,15-16,18H,5H2,1-4H3/b12-6+/t15-,16-,20+/m1/s1. The molecular formula is C16H25NO2S. The summed E-state index contributed by atoms with van der Waals surface area (Å²) in [6, 6.07) is 9.21. The van der Waals surface area contributed by atoms with Gasteiger partial charge in [-0.1, -0.05) is 51.1 Å². The van der Waals surface area contributed by atoms with Crippen LogP contribution >= 0.6 is 0 Å². The lowest BCUT2D eigenvalue weighted by Gasteiger charge is -2.26. The van der Waals surface area contributed by atoms with Gasteiger partial charge in [-0.15, -0.1) is 0 Å². The monoisotopic (exact) mass is 295 g/mol. The normalized spacial score (nSPS) is 17.9. The molecule has 0 aliphatic rings. The number of benzene rings is 1. The van der Waals surface area contributed by atoms with Gasteiger partial charge < -0.3 is 5.11 Å². The molecule has 0 aromatic heterocycles. The Morgan fingerprint density at radius 3 is 2.35 bits per heavy atom. The van der Waals surface area contributed by atoms with Crippen LogP contribution in [0, 0.1) is 5.92 Å². The van der Waals surface area contributed by atoms with Crippen molar-refractivity contribution in [3.63, 3.8) is 0 Å². The molecule has 1 aromatic carbocycles. The summed E-state index contributed by atoms with van der Waals surface area (Å²) in [5.41, 5.74) is 0. The molecule has 112 valence electrons. The summed E-state index contributed by atoms with van der Waals surface area (Å²) in [7, 11) is -1.11. The molecule has 0 heterocycles. The van der Waals surface area contributed by atoms with Crippen LogP contribution in [-0.4, -0.2) is 27.7 Å². The van der Waals surface area contributed by atoms with E-state index in [9.17, 15) is 9.32 Å². The Bertz CT molecular complexity index is 543. The summed E-state index contributed by atoms with van der Waals surface area (Å²) in [5, 5.41) is 9.96. The summed E-state index contributed by atoms with van der Waals surface area (Å²) in [5.74, 6) is 0.0211. The minimum absolute atomic E-state index is 0.0211. The first-order chi connectivity index (χ1) is 9.47. The zero-order chi connectivity index (χ0) is 15.2. The predicted octanol–water partition coefficient (Wildman–Crippen LogP) is 3.50. The van der Waals surface area contributed by atoms with Crippen LogP contribution < -0.4 is 0 Å². The van der Waals surface area contributed by atoms with Gasteiger partial charge in [0, 0.05) is 11.9 Å². The fourth-order valence-electron chi connectivity index (χ4n) is 2.06. The van der Waals surface area contributed by atoms with Crippen molar-refractivity contribution in [2.75, 3.05) is 7.05 Å². The van der Waals surface area contributed by atoms with Crippen LogP contribution in [0.3, 0.4) is 0 Å². The summed E-state index contributed by atoms with van der Waals surface area (Å²) < 4.78 is 17.5. The minimum atomic E-state index is -2.67. The highest BCUT2D eigenvalue weighted by Gasteiger charge is 2.31. The average molecular weight is 295 g/mol. The maximum Gasteiger partial charge on any atom is 0.0916 e. The number of allylic oxidation sites excluding steroid dienone is 1. The Morgan fingerprint density at radius 2 is 1.90 bits per heavy atom. The largest absolute Gasteiger partial charge is 0.391 e. The Morgan fingerprint density at radius 1 is 1.30 bits per heavy atom. The lowest BCUT2D eigenvalue weighted by Crippen LogP contribution is -2.36. The molecular weight excluding hydrogens is 270 g/mol. The molecule has 0 aliphatic heterocycles. The van der Waals surface area contributed by atoms with Gasteiger partial charge in [0.15, 0.2) is 0 Å². The fraction of sp³-hybridized carbons (Fsp3) is 0.500. The van der Waals surface area contributed by atoms with Crippen LogP contribution in [0.5, 0.6) is 0 Å². The Kier molecular flexibility index (Phi) is 6.43. The first kappa shape index (κ1) is 16.9. The molecule has 0 fully saturated rings. The van der Waals surface area contributed by atoms with E-state index in [0.717, 1.165) is 6.42 Å². The van der Waals surface area contributed by atoms with Crippen molar-refractivity contribution in [1.82, 2.24) is 0 Å². The average Bonchev–Trinajstić information content (AvgIpc) is 2.47. The van der Waals surface area contributed by atoms with Crippen molar-refractivity contribution in [2.45, 2.75) is 43.4 Å². The van der Waals surface area contributed by atoms with Crippen molar-refractivity contribution >= 4 is 9.73 Å². The molecule has 0 amide bonds. The van der Waals surface area contributed by atoms with E-state index in [1.165, 1.54) is 0 Å². The van der Waals surface area contributed by atoms with E-state index in [1.54, 1.807) is 7.05 Å². The van der Waals surface area contributed by atoms with Crippen LogP contribution in [0.25, 0.3) is 0 Å². The first-order valence-corrected chi connectivity index (χ1v) is 8.59. The molecule has 0 saturated carbocycles. The number of hydrogen-bond donors (Lipinski definition) is 1. The van der Waals surface area contributed by atoms with Crippen molar-refractivity contribution in [1.29, 1.82) is 0 Å². The first-order valence-electron chi connectivity index (χ1n) is 7.01. The molecule has 0 saturated heterocycles. The molecule has 0 radical (unpaired) electrons. The lowest BCUT2D eigenvalue weighted by atomic mass is 10.0. The van der Waals surface area contributed by atoms with Crippen molar-refractivity contribution in [2.24, 2.45) is 10.3 Å². The molecule has 3 atom stereocenters. The summed E-state index contributed by atoms with van der Waals surface area (Å²) in [6.07, 6.45) is 3.96. The number of nitrogens with zero attached hydrogens (tertiary/aromatic N) is 1. The smallest absolute Gasteiger partial charge is 0.0916 e. The molecule has 1 aromatic rings. The van der Waals surface area contributed by atoms with E-state index in [0.29, 0.717) is 4.90 Å². The summed E-state index contributed by atoms with van der Waals surface area (Å²) in [4.78, 5) is 0.674. The van der Waals surface area contributed by atoms with Gasteiger partial charge in [-0.25, -0.2) is 8.57 Å². The third-order valence-electron chi connectivity index (χ3n) is 3.30. The van der Waals surface area contributed by atoms with Crippen LogP contribution in [0.4, 0.5) is 0 Å². The second kappa shape index (κ2) is 7.60. The van der Waals surface area contributed by atoms with E-state index in [-0.39, 0.29) is 5.92 Å². The van der Waals surface area contributed by atoms with Gasteiger partial charge in [0.1, 0.15) is 0 Å². The zero-order valence-corrected chi connectivity index (χ0v) is 13.5. The van der Waals surface area contributed by atoms with Gasteiger partial charge in [0.2, 0.25) is 0 Å². The Labute approximate surface area is 122 Å². The highest BCUT2D eigenvalue weighted by molar-refractivity contribution is 7.94. The second-order valence-electron chi connectivity index (χ2n) is 5.10. The topological polar surface area (TPSA) is 49.7 Å². The fourth-order valence-corrected chi connectivity index (χ4v) is 4.39. The summed E-state index contributed by atoms with van der Waals surface area (Å²) >= 11 is 0. The molecule has 4 heteroatoms. The van der Waals surface area contributed by atoms with Gasteiger partial charge in [-0.3, -0.25) is 0 Å². The van der Waals surface area contributed by atoms with Gasteiger partial charge in [-0.2, -0.15) is 0 Å². The third-order valence-corrected chi connectivity index (χ3v) is 5.97. The molecule has 1 rings (SSSR count). The number of rotatable bonds is 6. The van der Waals surface area contributed by atoms with Crippen LogP contribution in [0.15, 0.2) is 51.7 Å². The highest BCUT2D eigenvalue weighted by atomic mass is 32.2. The van der Waals surface area contributed by atoms with Crippen molar-refractivity contribution in [3.8, 4) is 0 Å². The molecule has 3 nitrogen and oxygen atoms in total. The van der Waals surface area contributed by atoms with Crippen molar-refractivity contribution < 1.29 is 9.32 Å². The summed E-state index contributed by atoms with van der Waals surface area (Å²) in [6.45, 7) is 5.87. The lowest BCUT2D eigenvalue weighted by molar-refractivity contribution is 0.131. The Hall–Kier alpha value is -1.13. The maximum atomic E-state index is 13.3. The predicted molar refractivity (Wildman–Crippen MR) is 85.3 cm³/mol.